The van der Waals surface area contributed by atoms with E-state index < -0.39 is 0 Å². The molecule has 0 aliphatic carbocycles. The standard InChI is InChI=1S/C17H25N3/c1-2-3-7-17(20-12-10-18-11-13-20)15-5-4-6-16-14(15)8-9-19-16/h4-6,8-9,17-19H,2-3,7,10-13H2,1H3/t17-/m1/s1. The monoisotopic (exact) mass is 271 g/mol. The van der Waals surface area contributed by atoms with Gasteiger partial charge < -0.3 is 10.3 Å². The number of nitrogens with zero attached hydrogens (tertiary/aromatic N) is 1. The van der Waals surface area contributed by atoms with Crippen molar-refractivity contribution in [2.45, 2.75) is 32.2 Å². The average molecular weight is 271 g/mol. The highest BCUT2D eigenvalue weighted by Gasteiger charge is 2.23. The minimum Gasteiger partial charge on any atom is -0.361 e. The second-order valence-electron chi connectivity index (χ2n) is 5.73. The van der Waals surface area contributed by atoms with E-state index in [2.05, 4.69) is 52.6 Å². The number of hydrogen-bond acceptors (Lipinski definition) is 2. The lowest BCUT2D eigenvalue weighted by Crippen LogP contribution is -2.45. The lowest BCUT2D eigenvalue weighted by atomic mass is 9.96. The van der Waals surface area contributed by atoms with Crippen molar-refractivity contribution in [3.05, 3.63) is 36.0 Å². The molecule has 0 radical (unpaired) electrons. The summed E-state index contributed by atoms with van der Waals surface area (Å²) >= 11 is 0. The Labute approximate surface area is 121 Å². The molecule has 1 saturated heterocycles. The van der Waals surface area contributed by atoms with Crippen LogP contribution in [0.25, 0.3) is 10.9 Å². The van der Waals surface area contributed by atoms with E-state index >= 15 is 0 Å². The van der Waals surface area contributed by atoms with E-state index in [1.165, 1.54) is 35.7 Å². The number of H-pyrrole nitrogens is 1. The molecule has 1 aromatic carbocycles. The molecule has 0 amide bonds. The van der Waals surface area contributed by atoms with Gasteiger partial charge in [-0.2, -0.15) is 0 Å². The Balaban J connectivity index is 1.92. The van der Waals surface area contributed by atoms with Crippen LogP contribution in [0.3, 0.4) is 0 Å². The SMILES string of the molecule is CCCC[C@H](c1cccc2[nH]ccc12)N1CCNCC1. The molecule has 0 saturated carbocycles. The van der Waals surface area contributed by atoms with Crippen molar-refractivity contribution < 1.29 is 0 Å². The van der Waals surface area contributed by atoms with Crippen molar-refractivity contribution in [2.24, 2.45) is 0 Å². The molecule has 3 heteroatoms. The molecule has 0 spiro atoms. The average Bonchev–Trinajstić information content (AvgIpc) is 2.98. The van der Waals surface area contributed by atoms with E-state index in [4.69, 9.17) is 0 Å². The Bertz CT molecular complexity index is 540. The summed E-state index contributed by atoms with van der Waals surface area (Å²) in [6.07, 6.45) is 5.89. The molecule has 3 nitrogen and oxygen atoms in total. The number of fused-ring (bicyclic) bond motifs is 1. The van der Waals surface area contributed by atoms with Crippen molar-refractivity contribution in [1.82, 2.24) is 15.2 Å². The number of rotatable bonds is 5. The Morgan fingerprint density at radius 2 is 2.05 bits per heavy atom. The van der Waals surface area contributed by atoms with E-state index in [1.807, 2.05) is 0 Å². The van der Waals surface area contributed by atoms with Gasteiger partial charge in [-0.15, -0.1) is 0 Å². The zero-order valence-electron chi connectivity index (χ0n) is 12.4. The van der Waals surface area contributed by atoms with Gasteiger partial charge in [0.1, 0.15) is 0 Å². The fourth-order valence-electron chi connectivity index (χ4n) is 3.33. The first-order valence-corrected chi connectivity index (χ1v) is 7.91. The topological polar surface area (TPSA) is 31.1 Å². The number of aromatic nitrogens is 1. The number of benzene rings is 1. The van der Waals surface area contributed by atoms with Gasteiger partial charge in [0.2, 0.25) is 0 Å². The fourth-order valence-corrected chi connectivity index (χ4v) is 3.33. The Morgan fingerprint density at radius 1 is 1.20 bits per heavy atom. The molecule has 1 aromatic heterocycles. The van der Waals surface area contributed by atoms with Crippen LogP contribution < -0.4 is 5.32 Å². The zero-order chi connectivity index (χ0) is 13.8. The zero-order valence-corrected chi connectivity index (χ0v) is 12.4. The maximum Gasteiger partial charge on any atom is 0.0457 e. The lowest BCUT2D eigenvalue weighted by Gasteiger charge is -2.35. The van der Waals surface area contributed by atoms with Crippen LogP contribution in [0.1, 0.15) is 37.8 Å². The number of unbranched alkanes of at least 4 members (excludes halogenated alkanes) is 1. The molecular weight excluding hydrogens is 246 g/mol. The van der Waals surface area contributed by atoms with Gasteiger partial charge in [-0.25, -0.2) is 0 Å². The highest BCUT2D eigenvalue weighted by Crippen LogP contribution is 2.31. The van der Waals surface area contributed by atoms with Crippen LogP contribution in [0.5, 0.6) is 0 Å². The summed E-state index contributed by atoms with van der Waals surface area (Å²) in [4.78, 5) is 6.00. The van der Waals surface area contributed by atoms with E-state index in [1.54, 1.807) is 0 Å². The number of nitrogens with one attached hydrogen (secondary N) is 2. The molecule has 2 heterocycles. The summed E-state index contributed by atoms with van der Waals surface area (Å²) < 4.78 is 0. The van der Waals surface area contributed by atoms with Crippen LogP contribution in [0.15, 0.2) is 30.5 Å². The molecule has 1 aliphatic rings. The minimum atomic E-state index is 0.566. The van der Waals surface area contributed by atoms with Crippen molar-refractivity contribution in [3.63, 3.8) is 0 Å². The van der Waals surface area contributed by atoms with Gasteiger partial charge >= 0.3 is 0 Å². The van der Waals surface area contributed by atoms with E-state index in [0.717, 1.165) is 26.2 Å². The van der Waals surface area contributed by atoms with Crippen LogP contribution in [0, 0.1) is 0 Å². The van der Waals surface area contributed by atoms with E-state index in [0.29, 0.717) is 6.04 Å². The summed E-state index contributed by atoms with van der Waals surface area (Å²) in [6, 6.07) is 9.48. The van der Waals surface area contributed by atoms with Gasteiger partial charge in [0.25, 0.3) is 0 Å². The van der Waals surface area contributed by atoms with E-state index in [9.17, 15) is 0 Å². The number of hydrogen-bond donors (Lipinski definition) is 2. The molecule has 3 rings (SSSR count). The molecule has 0 bridgehead atoms. The Kier molecular flexibility index (Phi) is 4.38. The molecule has 1 atom stereocenters. The second-order valence-corrected chi connectivity index (χ2v) is 5.73. The third-order valence-corrected chi connectivity index (χ3v) is 4.41. The highest BCUT2D eigenvalue weighted by molar-refractivity contribution is 5.83. The van der Waals surface area contributed by atoms with Crippen LogP contribution >= 0.6 is 0 Å². The second kappa shape index (κ2) is 6.42. The summed E-state index contributed by atoms with van der Waals surface area (Å²) in [5.41, 5.74) is 2.76. The summed E-state index contributed by atoms with van der Waals surface area (Å²) in [5, 5.41) is 4.86. The normalized spacial score (nSPS) is 18.4. The van der Waals surface area contributed by atoms with Crippen LogP contribution in [-0.2, 0) is 0 Å². The molecule has 2 aromatic rings. The van der Waals surface area contributed by atoms with Gasteiger partial charge in [0, 0.05) is 49.3 Å². The Hall–Kier alpha value is -1.32. The predicted molar refractivity (Wildman–Crippen MR) is 85.0 cm³/mol. The van der Waals surface area contributed by atoms with E-state index in [-0.39, 0.29) is 0 Å². The number of aromatic amines is 1. The highest BCUT2D eigenvalue weighted by atomic mass is 15.2. The molecule has 20 heavy (non-hydrogen) atoms. The van der Waals surface area contributed by atoms with Crippen LogP contribution in [0.4, 0.5) is 0 Å². The maximum absolute atomic E-state index is 3.46. The predicted octanol–water partition coefficient (Wildman–Crippen LogP) is 3.30. The largest absolute Gasteiger partial charge is 0.361 e. The first-order chi connectivity index (χ1) is 9.90. The van der Waals surface area contributed by atoms with Crippen LogP contribution in [-0.4, -0.2) is 36.1 Å². The molecule has 1 fully saturated rings. The van der Waals surface area contributed by atoms with Gasteiger partial charge in [0.05, 0.1) is 0 Å². The third-order valence-electron chi connectivity index (χ3n) is 4.41. The molecular formula is C17H25N3. The minimum absolute atomic E-state index is 0.566. The fraction of sp³-hybridized carbons (Fsp3) is 0.529. The molecule has 1 aliphatic heterocycles. The summed E-state index contributed by atoms with van der Waals surface area (Å²) in [6.45, 7) is 6.84. The summed E-state index contributed by atoms with van der Waals surface area (Å²) in [5.74, 6) is 0. The third kappa shape index (κ3) is 2.74. The van der Waals surface area contributed by atoms with Crippen molar-refractivity contribution in [3.8, 4) is 0 Å². The van der Waals surface area contributed by atoms with Gasteiger partial charge in [-0.1, -0.05) is 31.9 Å². The van der Waals surface area contributed by atoms with Crippen molar-refractivity contribution in [1.29, 1.82) is 0 Å². The maximum atomic E-state index is 3.46. The lowest BCUT2D eigenvalue weighted by molar-refractivity contribution is 0.164. The van der Waals surface area contributed by atoms with Crippen molar-refractivity contribution >= 4 is 10.9 Å². The molecule has 108 valence electrons. The summed E-state index contributed by atoms with van der Waals surface area (Å²) in [7, 11) is 0. The quantitative estimate of drug-likeness (QED) is 0.874. The Morgan fingerprint density at radius 3 is 2.85 bits per heavy atom. The first-order valence-electron chi connectivity index (χ1n) is 7.91. The van der Waals surface area contributed by atoms with Crippen molar-refractivity contribution in [2.75, 3.05) is 26.2 Å². The van der Waals surface area contributed by atoms with Crippen LogP contribution in [0.2, 0.25) is 0 Å². The van der Waals surface area contributed by atoms with Gasteiger partial charge in [-0.05, 0) is 24.1 Å². The van der Waals surface area contributed by atoms with Gasteiger partial charge in [-0.3, -0.25) is 4.90 Å². The first kappa shape index (κ1) is 13.7. The van der Waals surface area contributed by atoms with Gasteiger partial charge in [0.15, 0.2) is 0 Å². The molecule has 0 unspecified atom stereocenters. The number of piperazine rings is 1. The smallest absolute Gasteiger partial charge is 0.0457 e. The molecule has 2 N–H and O–H groups in total.